The number of fused-ring (bicyclic) bond motifs is 1. The highest BCUT2D eigenvalue weighted by Gasteiger charge is 2.40. The fraction of sp³-hybridized carbons (Fsp3) is 0.308. The molecule has 0 spiro atoms. The second-order valence-corrected chi connectivity index (χ2v) is 12.2. The molecule has 5 rings (SSSR count). The van der Waals surface area contributed by atoms with E-state index in [0.717, 1.165) is 16.1 Å². The van der Waals surface area contributed by atoms with Crippen molar-refractivity contribution in [3.8, 4) is 11.3 Å². The lowest BCUT2D eigenvalue weighted by Gasteiger charge is -2.22. The Morgan fingerprint density at radius 3 is 2.71 bits per heavy atom. The molecule has 1 aromatic carbocycles. The summed E-state index contributed by atoms with van der Waals surface area (Å²) in [5.74, 6) is -0.572. The predicted molar refractivity (Wildman–Crippen MR) is 154 cm³/mol. The number of benzene rings is 1. The zero-order valence-electron chi connectivity index (χ0n) is 21.4. The minimum atomic E-state index is -0.664. The maximum atomic E-state index is 15.8. The number of amides is 1. The van der Waals surface area contributed by atoms with Crippen molar-refractivity contribution in [2.24, 2.45) is 12.5 Å². The fourth-order valence-corrected chi connectivity index (χ4v) is 6.42. The summed E-state index contributed by atoms with van der Waals surface area (Å²) in [5.41, 5.74) is 2.05. The van der Waals surface area contributed by atoms with Crippen molar-refractivity contribution in [3.05, 3.63) is 73.1 Å². The van der Waals surface area contributed by atoms with Gasteiger partial charge in [0.2, 0.25) is 0 Å². The number of hydrogen-bond donors (Lipinski definition) is 3. The number of aromatic amines is 1. The first kappa shape index (κ1) is 26.5. The third-order valence-electron chi connectivity index (χ3n) is 6.88. The van der Waals surface area contributed by atoms with Crippen molar-refractivity contribution in [2.45, 2.75) is 40.2 Å². The summed E-state index contributed by atoms with van der Waals surface area (Å²) in [6, 6.07) is 8.25. The second kappa shape index (κ2) is 9.58. The first-order valence-electron chi connectivity index (χ1n) is 11.8. The topological polar surface area (TPSA) is 116 Å². The van der Waals surface area contributed by atoms with Gasteiger partial charge in [-0.25, -0.2) is 9.49 Å². The number of rotatable bonds is 5. The van der Waals surface area contributed by atoms with Gasteiger partial charge in [-0.05, 0) is 55.0 Å². The third kappa shape index (κ3) is 4.54. The first-order chi connectivity index (χ1) is 17.9. The molecule has 0 bridgehead atoms. The number of anilines is 3. The van der Waals surface area contributed by atoms with Crippen LogP contribution in [0.3, 0.4) is 0 Å². The van der Waals surface area contributed by atoms with Crippen molar-refractivity contribution < 1.29 is 14.3 Å². The number of H-pyrrole nitrogens is 1. The van der Waals surface area contributed by atoms with E-state index in [1.54, 1.807) is 40.0 Å². The Labute approximate surface area is 236 Å². The summed E-state index contributed by atoms with van der Waals surface area (Å²) >= 11 is 3.28. The van der Waals surface area contributed by atoms with Gasteiger partial charge in [0, 0.05) is 29.2 Å². The molecular formula is C26H26FIN6O3S. The van der Waals surface area contributed by atoms with Crippen LogP contribution in [0.25, 0.3) is 11.3 Å². The Kier molecular flexibility index (Phi) is 6.68. The lowest BCUT2D eigenvalue weighted by Crippen LogP contribution is -2.18. The van der Waals surface area contributed by atoms with Crippen LogP contribution in [0.4, 0.5) is 21.6 Å². The molecule has 0 saturated carbocycles. The van der Waals surface area contributed by atoms with E-state index in [-0.39, 0.29) is 28.0 Å². The minimum Gasteiger partial charge on any atom is -0.388 e. The highest BCUT2D eigenvalue weighted by molar-refractivity contribution is 14.1. The standard InChI is InChI=1S/C26H26FIN6O3S/c1-12-6-7-14(16-10-17(24(36)31-30-16)34(28)20-8-13(2)33(5)32-20)21(27)22(12)29-25(37)18-9-15-19(38-18)11-26(3,4)23(15)35/h6-10,23,35H,11H2,1-5H3,(H,29,37)(H,31,36)/t23-/m0/s1. The molecule has 4 aromatic rings. The van der Waals surface area contributed by atoms with Crippen molar-refractivity contribution in [1.82, 2.24) is 20.0 Å². The molecular weight excluding hydrogens is 622 g/mol. The Hall–Kier alpha value is -3.10. The number of aryl methyl sites for hydroxylation is 3. The monoisotopic (exact) mass is 648 g/mol. The molecule has 1 amide bonds. The summed E-state index contributed by atoms with van der Waals surface area (Å²) in [4.78, 5) is 27.0. The summed E-state index contributed by atoms with van der Waals surface area (Å²) < 4.78 is 19.1. The van der Waals surface area contributed by atoms with E-state index in [1.165, 1.54) is 17.4 Å². The van der Waals surface area contributed by atoms with Gasteiger partial charge in [-0.2, -0.15) is 10.2 Å². The quantitative estimate of drug-likeness (QED) is 0.199. The van der Waals surface area contributed by atoms with Crippen LogP contribution >= 0.6 is 34.2 Å². The van der Waals surface area contributed by atoms with Gasteiger partial charge in [0.15, 0.2) is 11.6 Å². The number of nitrogens with zero attached hydrogens (tertiary/aromatic N) is 4. The van der Waals surface area contributed by atoms with Crippen LogP contribution in [0.15, 0.2) is 35.1 Å². The largest absolute Gasteiger partial charge is 0.388 e. The number of aromatic nitrogens is 4. The van der Waals surface area contributed by atoms with Crippen LogP contribution in [0.1, 0.15) is 51.3 Å². The highest BCUT2D eigenvalue weighted by atomic mass is 127. The lowest BCUT2D eigenvalue weighted by molar-refractivity contribution is 0.0665. The number of carbonyl (C=O) groups is 1. The predicted octanol–water partition coefficient (Wildman–Crippen LogP) is 5.34. The molecule has 0 saturated heterocycles. The van der Waals surface area contributed by atoms with Crippen LogP contribution < -0.4 is 14.0 Å². The molecule has 12 heteroatoms. The van der Waals surface area contributed by atoms with Crippen LogP contribution in [0.2, 0.25) is 0 Å². The normalized spacial score (nSPS) is 15.9. The van der Waals surface area contributed by atoms with E-state index in [2.05, 4.69) is 20.6 Å². The average Bonchev–Trinajstić information content (AvgIpc) is 3.49. The van der Waals surface area contributed by atoms with Crippen molar-refractivity contribution in [3.63, 3.8) is 0 Å². The molecule has 0 unspecified atom stereocenters. The van der Waals surface area contributed by atoms with Crippen LogP contribution in [-0.4, -0.2) is 31.0 Å². The lowest BCUT2D eigenvalue weighted by atomic mass is 9.88. The molecule has 0 radical (unpaired) electrons. The van der Waals surface area contributed by atoms with Crippen LogP contribution in [0, 0.1) is 25.1 Å². The van der Waals surface area contributed by atoms with Gasteiger partial charge < -0.3 is 10.4 Å². The van der Waals surface area contributed by atoms with Crippen molar-refractivity contribution in [1.29, 1.82) is 0 Å². The zero-order valence-corrected chi connectivity index (χ0v) is 24.4. The molecule has 3 N–H and O–H groups in total. The maximum absolute atomic E-state index is 15.8. The number of thiophene rings is 1. The van der Waals surface area contributed by atoms with E-state index in [9.17, 15) is 14.7 Å². The third-order valence-corrected chi connectivity index (χ3v) is 9.04. The number of hydrogen-bond acceptors (Lipinski definition) is 7. The highest BCUT2D eigenvalue weighted by Crippen LogP contribution is 2.48. The molecule has 1 aliphatic rings. The number of aliphatic hydroxyl groups excluding tert-OH is 1. The van der Waals surface area contributed by atoms with E-state index >= 15 is 4.39 Å². The summed E-state index contributed by atoms with van der Waals surface area (Å²) in [7, 11) is 1.80. The van der Waals surface area contributed by atoms with E-state index in [1.807, 2.05) is 49.7 Å². The number of halogens is 2. The molecule has 1 aliphatic carbocycles. The van der Waals surface area contributed by atoms with E-state index in [0.29, 0.717) is 22.7 Å². The number of nitrogens with one attached hydrogen (secondary N) is 2. The van der Waals surface area contributed by atoms with Gasteiger partial charge in [0.1, 0.15) is 5.69 Å². The second-order valence-electron chi connectivity index (χ2n) is 10.1. The van der Waals surface area contributed by atoms with Crippen molar-refractivity contribution in [2.75, 3.05) is 8.43 Å². The van der Waals surface area contributed by atoms with Crippen LogP contribution in [-0.2, 0) is 13.5 Å². The van der Waals surface area contributed by atoms with Crippen molar-refractivity contribution >= 4 is 57.3 Å². The van der Waals surface area contributed by atoms with Gasteiger partial charge in [-0.15, -0.1) is 11.3 Å². The van der Waals surface area contributed by atoms with Gasteiger partial charge in [-0.1, -0.05) is 19.9 Å². The Balaban J connectivity index is 1.46. The number of aliphatic hydroxyl groups is 1. The summed E-state index contributed by atoms with van der Waals surface area (Å²) in [6.07, 6.45) is 0.0289. The first-order valence-corrected chi connectivity index (χ1v) is 13.6. The van der Waals surface area contributed by atoms with Gasteiger partial charge >= 0.3 is 0 Å². The van der Waals surface area contributed by atoms with E-state index in [4.69, 9.17) is 0 Å². The molecule has 3 heterocycles. The van der Waals surface area contributed by atoms with Crippen LogP contribution in [0.5, 0.6) is 0 Å². The maximum Gasteiger partial charge on any atom is 0.288 e. The van der Waals surface area contributed by atoms with Gasteiger partial charge in [0.25, 0.3) is 11.5 Å². The van der Waals surface area contributed by atoms with Gasteiger partial charge in [-0.3, -0.25) is 17.4 Å². The Bertz CT molecular complexity index is 1620. The molecule has 198 valence electrons. The zero-order chi connectivity index (χ0) is 27.5. The number of carbonyl (C=O) groups excluding carboxylic acids is 1. The molecule has 9 nitrogen and oxygen atoms in total. The summed E-state index contributed by atoms with van der Waals surface area (Å²) in [5, 5.41) is 24.2. The Morgan fingerprint density at radius 2 is 2.05 bits per heavy atom. The molecule has 0 fully saturated rings. The average molecular weight is 649 g/mol. The summed E-state index contributed by atoms with van der Waals surface area (Å²) in [6.45, 7) is 7.57. The van der Waals surface area contributed by atoms with Gasteiger partial charge in [0.05, 0.1) is 45.2 Å². The Morgan fingerprint density at radius 1 is 1.32 bits per heavy atom. The molecule has 1 atom stereocenters. The molecule has 38 heavy (non-hydrogen) atoms. The van der Waals surface area contributed by atoms with E-state index < -0.39 is 23.4 Å². The SMILES string of the molecule is Cc1ccc(-c2cc(N(I)c3cc(C)n(C)n3)c(=O)[nH]n2)c(F)c1NC(=O)c1cc2c(s1)CC(C)(C)[C@H]2O. The smallest absolute Gasteiger partial charge is 0.288 e. The minimum absolute atomic E-state index is 0.0307. The molecule has 3 aromatic heterocycles. The fourth-order valence-electron chi connectivity index (χ4n) is 4.50. The molecule has 0 aliphatic heterocycles.